The monoisotopic (exact) mass is 366 g/mol. The fraction of sp³-hybridized carbons (Fsp3) is 0.600. The number of hydrogen-bond donors (Lipinski definition) is 1. The normalized spacial score (nSPS) is 24.2. The van der Waals surface area contributed by atoms with E-state index in [9.17, 15) is 21.6 Å². The summed E-state index contributed by atoms with van der Waals surface area (Å²) in [5, 5.41) is 0.315. The summed E-state index contributed by atoms with van der Waals surface area (Å²) in [6.07, 6.45) is -3.88. The first-order chi connectivity index (χ1) is 11.1. The molecule has 1 N–H and O–H groups in total. The number of halogens is 3. The first-order valence-electron chi connectivity index (χ1n) is 7.60. The Hall–Kier alpha value is -1.16. The average molecular weight is 366 g/mol. The Morgan fingerprint density at radius 2 is 2.08 bits per heavy atom. The van der Waals surface area contributed by atoms with Crippen LogP contribution in [0.3, 0.4) is 0 Å². The van der Waals surface area contributed by atoms with Gasteiger partial charge in [-0.3, -0.25) is 4.84 Å². The molecule has 1 fully saturated rings. The average Bonchev–Trinajstić information content (AvgIpc) is 2.88. The van der Waals surface area contributed by atoms with E-state index in [-0.39, 0.29) is 18.2 Å². The molecule has 9 heteroatoms. The molecule has 0 bridgehead atoms. The van der Waals surface area contributed by atoms with E-state index in [0.717, 1.165) is 12.1 Å². The zero-order valence-electron chi connectivity index (χ0n) is 13.7. The van der Waals surface area contributed by atoms with Crippen molar-refractivity contribution in [1.82, 2.24) is 9.79 Å². The van der Waals surface area contributed by atoms with Gasteiger partial charge in [0.15, 0.2) is 0 Å². The zero-order valence-corrected chi connectivity index (χ0v) is 14.5. The highest BCUT2D eigenvalue weighted by molar-refractivity contribution is 7.90. The van der Waals surface area contributed by atoms with Gasteiger partial charge in [0.1, 0.15) is 5.25 Å². The van der Waals surface area contributed by atoms with Crippen LogP contribution in [0, 0.1) is 0 Å². The molecule has 3 unspecified atom stereocenters. The Morgan fingerprint density at radius 1 is 1.42 bits per heavy atom. The van der Waals surface area contributed by atoms with Gasteiger partial charge in [-0.05, 0) is 31.0 Å². The van der Waals surface area contributed by atoms with E-state index in [2.05, 4.69) is 4.72 Å². The van der Waals surface area contributed by atoms with E-state index in [0.29, 0.717) is 6.42 Å². The summed E-state index contributed by atoms with van der Waals surface area (Å²) in [6.45, 7) is 3.47. The summed E-state index contributed by atoms with van der Waals surface area (Å²) in [5.74, 6) is 0. The van der Waals surface area contributed by atoms with E-state index in [1.54, 1.807) is 6.92 Å². The van der Waals surface area contributed by atoms with Gasteiger partial charge in [-0.1, -0.05) is 19.1 Å². The van der Waals surface area contributed by atoms with Crippen LogP contribution in [0.25, 0.3) is 0 Å². The van der Waals surface area contributed by atoms with Gasteiger partial charge in [0.25, 0.3) is 0 Å². The van der Waals surface area contributed by atoms with Gasteiger partial charge in [-0.2, -0.15) is 18.2 Å². The Labute approximate surface area is 139 Å². The molecule has 0 aromatic heterocycles. The molecule has 0 aliphatic carbocycles. The summed E-state index contributed by atoms with van der Waals surface area (Å²) >= 11 is 0. The van der Waals surface area contributed by atoms with Crippen LogP contribution in [-0.4, -0.2) is 38.4 Å². The van der Waals surface area contributed by atoms with Gasteiger partial charge in [-0.25, -0.2) is 13.1 Å². The van der Waals surface area contributed by atoms with E-state index in [1.165, 1.54) is 24.2 Å². The molecule has 1 aliphatic heterocycles. The molecule has 1 aromatic carbocycles. The van der Waals surface area contributed by atoms with Crippen LogP contribution in [0.1, 0.15) is 37.4 Å². The predicted octanol–water partition coefficient (Wildman–Crippen LogP) is 2.71. The lowest BCUT2D eigenvalue weighted by atomic mass is 10.0. The molecular weight excluding hydrogens is 345 g/mol. The van der Waals surface area contributed by atoms with Gasteiger partial charge in [-0.15, -0.1) is 0 Å². The summed E-state index contributed by atoms with van der Waals surface area (Å²) in [4.78, 5) is 5.29. The second-order valence-electron chi connectivity index (χ2n) is 5.92. The molecule has 0 spiro atoms. The Balaban J connectivity index is 2.37. The molecule has 1 aliphatic rings. The highest BCUT2D eigenvalue weighted by atomic mass is 32.2. The maximum atomic E-state index is 12.9. The van der Waals surface area contributed by atoms with Crippen molar-refractivity contribution in [3.63, 3.8) is 0 Å². The number of hydroxylamine groups is 2. The molecular formula is C15H21F3N2O3S. The number of sulfonamides is 1. The first kappa shape index (κ1) is 19.2. The SMILES string of the molecule is CCC(C)NS(=O)(=O)C1CON(C)C1c1cccc(C(F)(F)F)c1. The highest BCUT2D eigenvalue weighted by Gasteiger charge is 2.44. The fourth-order valence-corrected chi connectivity index (χ4v) is 4.44. The molecule has 2 rings (SSSR count). The third-order valence-corrected chi connectivity index (χ3v) is 6.04. The standard InChI is InChI=1S/C15H21F3N2O3S/c1-4-10(2)19-24(21,22)13-9-23-20(3)14(13)11-6-5-7-12(8-11)15(16,17)18/h5-8,10,13-14,19H,4,9H2,1-3H3. The minimum absolute atomic E-state index is 0.108. The Bertz CT molecular complexity index is 679. The molecule has 1 aromatic rings. The van der Waals surface area contributed by atoms with Crippen LogP contribution < -0.4 is 4.72 Å². The van der Waals surface area contributed by atoms with Crippen LogP contribution >= 0.6 is 0 Å². The molecule has 24 heavy (non-hydrogen) atoms. The fourth-order valence-electron chi connectivity index (χ4n) is 2.63. The maximum Gasteiger partial charge on any atom is 0.416 e. The molecule has 0 saturated carbocycles. The lowest BCUT2D eigenvalue weighted by Crippen LogP contribution is -2.42. The second kappa shape index (κ2) is 6.99. The summed E-state index contributed by atoms with van der Waals surface area (Å²) in [6, 6.07) is 3.62. The Morgan fingerprint density at radius 3 is 2.67 bits per heavy atom. The van der Waals surface area contributed by atoms with Crippen molar-refractivity contribution >= 4 is 10.0 Å². The van der Waals surface area contributed by atoms with E-state index >= 15 is 0 Å². The van der Waals surface area contributed by atoms with Gasteiger partial charge in [0.05, 0.1) is 18.2 Å². The molecule has 3 atom stereocenters. The van der Waals surface area contributed by atoms with E-state index < -0.39 is 33.1 Å². The maximum absolute atomic E-state index is 12.9. The van der Waals surface area contributed by atoms with Crippen LogP contribution in [0.2, 0.25) is 0 Å². The number of nitrogens with zero attached hydrogens (tertiary/aromatic N) is 1. The van der Waals surface area contributed by atoms with E-state index in [1.807, 2.05) is 6.92 Å². The van der Waals surface area contributed by atoms with Gasteiger partial charge < -0.3 is 0 Å². The highest BCUT2D eigenvalue weighted by Crippen LogP contribution is 2.36. The van der Waals surface area contributed by atoms with Crippen molar-refractivity contribution in [1.29, 1.82) is 0 Å². The van der Waals surface area contributed by atoms with Crippen LogP contribution in [0.4, 0.5) is 13.2 Å². The minimum Gasteiger partial charge on any atom is -0.297 e. The third kappa shape index (κ3) is 4.08. The van der Waals surface area contributed by atoms with Crippen molar-refractivity contribution in [2.75, 3.05) is 13.7 Å². The zero-order chi connectivity index (χ0) is 18.1. The summed E-state index contributed by atoms with van der Waals surface area (Å²) in [7, 11) is -2.23. The third-order valence-electron chi connectivity index (χ3n) is 4.12. The van der Waals surface area contributed by atoms with Gasteiger partial charge in [0.2, 0.25) is 10.0 Å². The second-order valence-corrected chi connectivity index (χ2v) is 7.85. The number of alkyl halides is 3. The Kier molecular flexibility index (Phi) is 5.58. The van der Waals surface area contributed by atoms with Crippen LogP contribution in [0.5, 0.6) is 0 Å². The minimum atomic E-state index is -4.49. The quantitative estimate of drug-likeness (QED) is 0.871. The smallest absolute Gasteiger partial charge is 0.297 e. The van der Waals surface area contributed by atoms with Gasteiger partial charge in [0, 0.05) is 13.1 Å². The number of rotatable bonds is 5. The molecule has 0 amide bonds. The molecule has 5 nitrogen and oxygen atoms in total. The lowest BCUT2D eigenvalue weighted by molar-refractivity contribution is -0.138. The van der Waals surface area contributed by atoms with Crippen molar-refractivity contribution < 1.29 is 26.4 Å². The lowest BCUT2D eigenvalue weighted by Gasteiger charge is -2.25. The summed E-state index contributed by atoms with van der Waals surface area (Å²) in [5.41, 5.74) is -0.560. The number of hydrogen-bond acceptors (Lipinski definition) is 4. The first-order valence-corrected chi connectivity index (χ1v) is 9.15. The number of benzene rings is 1. The molecule has 1 heterocycles. The summed E-state index contributed by atoms with van der Waals surface area (Å²) < 4.78 is 66.5. The predicted molar refractivity (Wildman–Crippen MR) is 83.5 cm³/mol. The van der Waals surface area contributed by atoms with Crippen LogP contribution in [-0.2, 0) is 21.0 Å². The van der Waals surface area contributed by atoms with Gasteiger partial charge >= 0.3 is 6.18 Å². The largest absolute Gasteiger partial charge is 0.416 e. The van der Waals surface area contributed by atoms with Crippen LogP contribution in [0.15, 0.2) is 24.3 Å². The molecule has 1 saturated heterocycles. The van der Waals surface area contributed by atoms with E-state index in [4.69, 9.17) is 4.84 Å². The van der Waals surface area contributed by atoms with Crippen molar-refractivity contribution in [3.05, 3.63) is 35.4 Å². The van der Waals surface area contributed by atoms with Crippen molar-refractivity contribution in [2.45, 2.75) is 43.8 Å². The molecule has 0 radical (unpaired) electrons. The molecule has 136 valence electrons. The van der Waals surface area contributed by atoms with Crippen molar-refractivity contribution in [3.8, 4) is 0 Å². The number of nitrogens with one attached hydrogen (secondary N) is 1. The topological polar surface area (TPSA) is 58.6 Å². The van der Waals surface area contributed by atoms with Crippen molar-refractivity contribution in [2.24, 2.45) is 0 Å².